The van der Waals surface area contributed by atoms with Gasteiger partial charge in [0.1, 0.15) is 18.0 Å². The van der Waals surface area contributed by atoms with E-state index in [-0.39, 0.29) is 17.9 Å². The minimum Gasteiger partial charge on any atom is -0.458 e. The van der Waals surface area contributed by atoms with Gasteiger partial charge in [-0.25, -0.2) is 9.59 Å². The second kappa shape index (κ2) is 5.82. The summed E-state index contributed by atoms with van der Waals surface area (Å²) in [5, 5.41) is 11.1. The molecule has 4 aliphatic rings. The van der Waals surface area contributed by atoms with Crippen molar-refractivity contribution in [2.24, 2.45) is 17.3 Å². The molecule has 0 aromatic rings. The maximum Gasteiger partial charge on any atom is 0.513 e. The quantitative estimate of drug-likeness (QED) is 0.341. The van der Waals surface area contributed by atoms with Gasteiger partial charge in [0.2, 0.25) is 0 Å². The van der Waals surface area contributed by atoms with E-state index in [2.05, 4.69) is 6.58 Å². The van der Waals surface area contributed by atoms with Crippen LogP contribution >= 0.6 is 0 Å². The number of hydrogen-bond donors (Lipinski definition) is 1. The van der Waals surface area contributed by atoms with E-state index in [1.807, 2.05) is 13.8 Å². The van der Waals surface area contributed by atoms with Crippen molar-refractivity contribution in [2.75, 3.05) is 0 Å². The van der Waals surface area contributed by atoms with Gasteiger partial charge in [0.25, 0.3) is 0 Å². The number of epoxide rings is 1. The molecule has 0 amide bonds. The van der Waals surface area contributed by atoms with Crippen molar-refractivity contribution >= 4 is 12.1 Å². The van der Waals surface area contributed by atoms with Crippen molar-refractivity contribution in [1.29, 1.82) is 0 Å². The van der Waals surface area contributed by atoms with Crippen LogP contribution in [-0.4, -0.2) is 47.2 Å². The first kappa shape index (κ1) is 18.5. The van der Waals surface area contributed by atoms with Crippen molar-refractivity contribution in [2.45, 2.75) is 70.6 Å². The van der Waals surface area contributed by atoms with Crippen LogP contribution in [-0.2, 0) is 23.7 Å². The summed E-state index contributed by atoms with van der Waals surface area (Å²) in [7, 11) is 0. The lowest BCUT2D eigenvalue weighted by Crippen LogP contribution is -2.65. The topological polar surface area (TPSA) is 94.6 Å². The fourth-order valence-corrected chi connectivity index (χ4v) is 5.40. The molecule has 27 heavy (non-hydrogen) atoms. The molecule has 0 radical (unpaired) electrons. The van der Waals surface area contributed by atoms with Gasteiger partial charge in [-0.05, 0) is 33.3 Å². The fraction of sp³-hybridized carbons (Fsp3) is 0.700. The van der Waals surface area contributed by atoms with Crippen molar-refractivity contribution < 1.29 is 33.6 Å². The first-order chi connectivity index (χ1) is 12.6. The Morgan fingerprint density at radius 2 is 2.07 bits per heavy atom. The molecule has 148 valence electrons. The molecule has 0 unspecified atom stereocenters. The summed E-state index contributed by atoms with van der Waals surface area (Å²) in [5.41, 5.74) is -0.947. The van der Waals surface area contributed by atoms with Crippen LogP contribution in [0.25, 0.3) is 0 Å². The number of aliphatic hydroxyl groups is 1. The second-order valence-electron chi connectivity index (χ2n) is 8.48. The van der Waals surface area contributed by atoms with Gasteiger partial charge in [-0.15, -0.1) is 0 Å². The zero-order valence-corrected chi connectivity index (χ0v) is 16.1. The number of carbonyl (C=O) groups excluding carboxylic acids is 2. The number of aliphatic hydroxyl groups excluding tert-OH is 1. The smallest absolute Gasteiger partial charge is 0.458 e. The van der Waals surface area contributed by atoms with Gasteiger partial charge in [0.15, 0.2) is 0 Å². The van der Waals surface area contributed by atoms with Crippen LogP contribution in [0.2, 0.25) is 0 Å². The molecule has 0 bridgehead atoms. The molecule has 7 nitrogen and oxygen atoms in total. The number of allylic oxidation sites excluding steroid dienone is 2. The number of esters is 1. The van der Waals surface area contributed by atoms with Gasteiger partial charge in [-0.1, -0.05) is 13.5 Å². The molecule has 4 rings (SSSR count). The third-order valence-electron chi connectivity index (χ3n) is 7.15. The zero-order valence-electron chi connectivity index (χ0n) is 16.1. The average Bonchev–Trinajstić information content (AvgIpc) is 3.18. The van der Waals surface area contributed by atoms with E-state index in [9.17, 15) is 14.7 Å². The predicted octanol–water partition coefficient (Wildman–Crippen LogP) is 2.48. The van der Waals surface area contributed by atoms with Crippen LogP contribution in [0.1, 0.15) is 40.5 Å². The molecule has 1 N–H and O–H groups in total. The highest BCUT2D eigenvalue weighted by Gasteiger charge is 2.76. The maximum atomic E-state index is 12.2. The lowest BCUT2D eigenvalue weighted by atomic mass is 9.51. The van der Waals surface area contributed by atoms with Gasteiger partial charge in [-0.2, -0.15) is 0 Å². The van der Waals surface area contributed by atoms with E-state index in [4.69, 9.17) is 18.9 Å². The van der Waals surface area contributed by atoms with E-state index in [1.54, 1.807) is 19.9 Å². The number of ether oxygens (including phenoxy) is 4. The maximum absolute atomic E-state index is 12.2. The summed E-state index contributed by atoms with van der Waals surface area (Å²) < 4.78 is 22.4. The first-order valence-corrected chi connectivity index (χ1v) is 9.40. The van der Waals surface area contributed by atoms with Crippen LogP contribution in [0.15, 0.2) is 24.0 Å². The number of fused-ring (bicyclic) bond motifs is 5. The van der Waals surface area contributed by atoms with E-state index >= 15 is 0 Å². The highest BCUT2D eigenvalue weighted by Crippen LogP contribution is 2.66. The average molecular weight is 378 g/mol. The third kappa shape index (κ3) is 2.48. The zero-order chi connectivity index (χ0) is 19.7. The van der Waals surface area contributed by atoms with Crippen LogP contribution in [0.5, 0.6) is 0 Å². The molecule has 0 spiro atoms. The van der Waals surface area contributed by atoms with Crippen molar-refractivity contribution in [1.82, 2.24) is 0 Å². The molecule has 2 aliphatic carbocycles. The molecule has 4 fully saturated rings. The van der Waals surface area contributed by atoms with Gasteiger partial charge in [-0.3, -0.25) is 0 Å². The van der Waals surface area contributed by atoms with Gasteiger partial charge in [0, 0.05) is 29.2 Å². The summed E-state index contributed by atoms with van der Waals surface area (Å²) in [6.45, 7) is 11.1. The number of rotatable bonds is 2. The molecular weight excluding hydrogens is 352 g/mol. The molecular formula is C20H26O7. The van der Waals surface area contributed by atoms with E-state index in [0.29, 0.717) is 24.2 Å². The molecule has 2 heterocycles. The van der Waals surface area contributed by atoms with Crippen molar-refractivity contribution in [3.05, 3.63) is 24.0 Å². The van der Waals surface area contributed by atoms with E-state index < -0.39 is 41.5 Å². The lowest BCUT2D eigenvalue weighted by molar-refractivity contribution is -0.197. The van der Waals surface area contributed by atoms with Crippen molar-refractivity contribution in [3.63, 3.8) is 0 Å². The minimum absolute atomic E-state index is 0.116. The summed E-state index contributed by atoms with van der Waals surface area (Å²) in [6.07, 6.45) is -0.286. The Balaban J connectivity index is 1.66. The molecule has 2 saturated heterocycles. The summed E-state index contributed by atoms with van der Waals surface area (Å²) in [5.74, 6) is -0.534. The molecule has 8 atom stereocenters. The predicted molar refractivity (Wildman–Crippen MR) is 93.4 cm³/mol. The first-order valence-electron chi connectivity index (χ1n) is 9.40. The number of hydrogen-bond acceptors (Lipinski definition) is 7. The lowest BCUT2D eigenvalue weighted by Gasteiger charge is -2.55. The van der Waals surface area contributed by atoms with Crippen LogP contribution in [0.3, 0.4) is 0 Å². The normalized spacial score (nSPS) is 48.1. The van der Waals surface area contributed by atoms with Crippen LogP contribution in [0.4, 0.5) is 4.79 Å². The molecule has 7 heteroatoms. The van der Waals surface area contributed by atoms with Crippen LogP contribution < -0.4 is 0 Å². The Hall–Kier alpha value is -1.86. The highest BCUT2D eigenvalue weighted by molar-refractivity contribution is 5.91. The second-order valence-corrected chi connectivity index (χ2v) is 8.48. The summed E-state index contributed by atoms with van der Waals surface area (Å²) in [6, 6.07) is 0. The molecule has 2 saturated carbocycles. The summed E-state index contributed by atoms with van der Waals surface area (Å²) >= 11 is 0. The van der Waals surface area contributed by atoms with E-state index in [0.717, 1.165) is 0 Å². The van der Waals surface area contributed by atoms with Gasteiger partial charge >= 0.3 is 12.1 Å². The Kier molecular flexibility index (Phi) is 3.99. The fourth-order valence-electron chi connectivity index (χ4n) is 5.40. The molecule has 2 aliphatic heterocycles. The third-order valence-corrected chi connectivity index (χ3v) is 7.15. The van der Waals surface area contributed by atoms with Crippen LogP contribution in [0, 0.1) is 17.3 Å². The number of carbonyl (C=O) groups is 2. The Labute approximate surface area is 158 Å². The minimum atomic E-state index is -0.823. The standard InChI is InChI=1S/C20H26O7/c1-6-9(2)24-18(23)25-13-8-14-20(5,27-14)16-15-11(10(3)17(22)26-15)7-12(21)19(13,16)4/h6,11-16,21H,3,7-8H2,1-2,4-5H3/b9-6-/t11-,12+,13-,14-,15-,16+,19-,20-/m0/s1. The van der Waals surface area contributed by atoms with E-state index in [1.165, 1.54) is 0 Å². The largest absolute Gasteiger partial charge is 0.513 e. The Bertz CT molecular complexity index is 743. The molecule has 0 aromatic heterocycles. The SMILES string of the molecule is C=C1C(=O)O[C@H]2[C@H]1C[C@@H](O)[C@@]1(C)[C@@H](OC(=O)O/C(C)=C\C)C[C@@H]3O[C@]3(C)[C@H]21. The molecule has 0 aromatic carbocycles. The highest BCUT2D eigenvalue weighted by atomic mass is 16.7. The Morgan fingerprint density at radius 3 is 2.74 bits per heavy atom. The Morgan fingerprint density at radius 1 is 1.37 bits per heavy atom. The summed E-state index contributed by atoms with van der Waals surface area (Å²) in [4.78, 5) is 24.3. The van der Waals surface area contributed by atoms with Gasteiger partial charge in [0.05, 0.1) is 17.8 Å². The van der Waals surface area contributed by atoms with Crippen molar-refractivity contribution in [3.8, 4) is 0 Å². The van der Waals surface area contributed by atoms with Gasteiger partial charge < -0.3 is 24.1 Å². The monoisotopic (exact) mass is 378 g/mol.